The highest BCUT2D eigenvalue weighted by Crippen LogP contribution is 2.38. The lowest BCUT2D eigenvalue weighted by Crippen LogP contribution is -2.26. The van der Waals surface area contributed by atoms with Gasteiger partial charge in [-0.3, -0.25) is 14.3 Å². The van der Waals surface area contributed by atoms with Crippen LogP contribution in [0.15, 0.2) is 4.42 Å². The number of furan rings is 1. The fraction of sp³-hybridized carbons (Fsp3) is 0.526. The first-order valence-corrected chi connectivity index (χ1v) is 8.78. The number of aromatic nitrogens is 2. The molecular formula is C19H23N3O3. The third kappa shape index (κ3) is 2.51. The number of nitrogens with zero attached hydrogens (tertiary/aromatic N) is 2. The number of fused-ring (bicyclic) bond motifs is 2. The van der Waals surface area contributed by atoms with Crippen LogP contribution in [0.25, 0.3) is 0 Å². The quantitative estimate of drug-likeness (QED) is 0.910. The van der Waals surface area contributed by atoms with Crippen molar-refractivity contribution < 1.29 is 14.0 Å². The van der Waals surface area contributed by atoms with Gasteiger partial charge in [-0.2, -0.15) is 5.10 Å². The first-order valence-electron chi connectivity index (χ1n) is 8.78. The third-order valence-corrected chi connectivity index (χ3v) is 5.28. The van der Waals surface area contributed by atoms with E-state index in [0.29, 0.717) is 29.7 Å². The lowest BCUT2D eigenvalue weighted by atomic mass is 9.76. The molecule has 0 fully saturated rings. The normalized spacial score (nSPS) is 18.2. The van der Waals surface area contributed by atoms with E-state index in [-0.39, 0.29) is 22.9 Å². The van der Waals surface area contributed by atoms with Gasteiger partial charge in [0.15, 0.2) is 11.5 Å². The Morgan fingerprint density at radius 3 is 2.80 bits per heavy atom. The van der Waals surface area contributed by atoms with Crippen LogP contribution >= 0.6 is 0 Å². The molecule has 1 amide bonds. The van der Waals surface area contributed by atoms with Gasteiger partial charge in [0.25, 0.3) is 5.91 Å². The van der Waals surface area contributed by atoms with Crippen molar-refractivity contribution in [1.29, 1.82) is 0 Å². The van der Waals surface area contributed by atoms with Gasteiger partial charge in [-0.25, -0.2) is 0 Å². The molecule has 0 radical (unpaired) electrons. The van der Waals surface area contributed by atoms with Crippen LogP contribution < -0.4 is 5.32 Å². The summed E-state index contributed by atoms with van der Waals surface area (Å²) in [5.74, 6) is 1.37. The van der Waals surface area contributed by atoms with Crippen LogP contribution in [-0.2, 0) is 26.3 Å². The molecule has 2 aromatic heterocycles. The molecule has 0 saturated heterocycles. The van der Waals surface area contributed by atoms with Crippen LogP contribution in [0, 0.1) is 12.3 Å². The minimum atomic E-state index is -0.310. The number of hydrogen-bond acceptors (Lipinski definition) is 4. The van der Waals surface area contributed by atoms with Crippen molar-refractivity contribution in [3.8, 4) is 0 Å². The summed E-state index contributed by atoms with van der Waals surface area (Å²) in [6.45, 7) is 5.88. The third-order valence-electron chi connectivity index (χ3n) is 5.28. The number of aryl methyl sites for hydroxylation is 2. The van der Waals surface area contributed by atoms with Gasteiger partial charge in [0.05, 0.1) is 11.3 Å². The number of anilines is 1. The number of amides is 1. The predicted octanol–water partition coefficient (Wildman–Crippen LogP) is 3.22. The van der Waals surface area contributed by atoms with Gasteiger partial charge in [-0.1, -0.05) is 13.8 Å². The van der Waals surface area contributed by atoms with Crippen molar-refractivity contribution in [1.82, 2.24) is 9.78 Å². The van der Waals surface area contributed by atoms with Crippen LogP contribution in [-0.4, -0.2) is 21.5 Å². The molecule has 132 valence electrons. The molecule has 6 nitrogen and oxygen atoms in total. The summed E-state index contributed by atoms with van der Waals surface area (Å²) in [5, 5.41) is 7.42. The Bertz CT molecular complexity index is 902. The van der Waals surface area contributed by atoms with E-state index in [0.717, 1.165) is 36.3 Å². The lowest BCUT2D eigenvalue weighted by molar-refractivity contribution is 0.0898. The van der Waals surface area contributed by atoms with E-state index in [1.54, 1.807) is 11.6 Å². The number of carbonyl (C=O) groups excluding carboxylic acids is 2. The van der Waals surface area contributed by atoms with E-state index >= 15 is 0 Å². The van der Waals surface area contributed by atoms with Crippen LogP contribution in [0.5, 0.6) is 0 Å². The van der Waals surface area contributed by atoms with Crippen LogP contribution in [0.3, 0.4) is 0 Å². The first-order chi connectivity index (χ1) is 11.8. The molecule has 0 aromatic carbocycles. The number of rotatable bonds is 2. The highest BCUT2D eigenvalue weighted by molar-refractivity contribution is 6.07. The van der Waals surface area contributed by atoms with Crippen molar-refractivity contribution in [2.75, 3.05) is 5.32 Å². The molecule has 0 aliphatic heterocycles. The molecular weight excluding hydrogens is 318 g/mol. The average molecular weight is 341 g/mol. The van der Waals surface area contributed by atoms with Gasteiger partial charge in [-0.05, 0) is 31.6 Å². The second kappa shape index (κ2) is 5.31. The zero-order valence-electron chi connectivity index (χ0n) is 15.2. The van der Waals surface area contributed by atoms with Crippen LogP contribution in [0.4, 0.5) is 5.82 Å². The Morgan fingerprint density at radius 2 is 2.04 bits per heavy atom. The standard InChI is InChI=1S/C19H23N3O3/c1-10-15-13(23)8-19(2,3)9-14(15)25-16(10)18(24)20-17-11-6-5-7-12(11)21-22(17)4/h5-9H2,1-4H3,(H,20,24). The molecule has 25 heavy (non-hydrogen) atoms. The zero-order chi connectivity index (χ0) is 17.9. The highest BCUT2D eigenvalue weighted by Gasteiger charge is 2.37. The molecule has 1 N–H and O–H groups in total. The van der Waals surface area contributed by atoms with Gasteiger partial charge in [0.2, 0.25) is 0 Å². The van der Waals surface area contributed by atoms with E-state index in [2.05, 4.69) is 10.4 Å². The zero-order valence-corrected chi connectivity index (χ0v) is 15.2. The second-order valence-corrected chi connectivity index (χ2v) is 8.00. The molecule has 0 spiro atoms. The maximum absolute atomic E-state index is 12.8. The highest BCUT2D eigenvalue weighted by atomic mass is 16.4. The van der Waals surface area contributed by atoms with Gasteiger partial charge in [-0.15, -0.1) is 0 Å². The first kappa shape index (κ1) is 16.1. The fourth-order valence-electron chi connectivity index (χ4n) is 4.14. The van der Waals surface area contributed by atoms with E-state index in [4.69, 9.17) is 4.42 Å². The van der Waals surface area contributed by atoms with E-state index in [1.165, 1.54) is 0 Å². The molecule has 2 aliphatic rings. The number of Topliss-reactive ketones (excluding diaryl/α,β-unsaturated/α-hetero) is 1. The molecule has 2 aromatic rings. The van der Waals surface area contributed by atoms with Gasteiger partial charge >= 0.3 is 0 Å². The summed E-state index contributed by atoms with van der Waals surface area (Å²) in [7, 11) is 1.83. The van der Waals surface area contributed by atoms with E-state index in [9.17, 15) is 9.59 Å². The molecule has 0 atom stereocenters. The van der Waals surface area contributed by atoms with E-state index < -0.39 is 0 Å². The summed E-state index contributed by atoms with van der Waals surface area (Å²) in [4.78, 5) is 25.3. The summed E-state index contributed by atoms with van der Waals surface area (Å²) >= 11 is 0. The van der Waals surface area contributed by atoms with Crippen molar-refractivity contribution in [2.45, 2.75) is 52.9 Å². The molecule has 0 bridgehead atoms. The number of hydrogen-bond donors (Lipinski definition) is 1. The summed E-state index contributed by atoms with van der Waals surface area (Å²) < 4.78 is 7.57. The Kier molecular flexibility index (Phi) is 3.42. The monoisotopic (exact) mass is 341 g/mol. The number of nitrogens with one attached hydrogen (secondary N) is 1. The van der Waals surface area contributed by atoms with Crippen molar-refractivity contribution >= 4 is 17.5 Å². The Hall–Kier alpha value is -2.37. The predicted molar refractivity (Wildman–Crippen MR) is 93.1 cm³/mol. The largest absolute Gasteiger partial charge is 0.455 e. The van der Waals surface area contributed by atoms with Gasteiger partial charge in [0.1, 0.15) is 11.6 Å². The average Bonchev–Trinajstić information content (AvgIpc) is 3.14. The fourth-order valence-corrected chi connectivity index (χ4v) is 4.14. The number of ketones is 1. The van der Waals surface area contributed by atoms with Crippen molar-refractivity contribution in [3.63, 3.8) is 0 Å². The SMILES string of the molecule is Cc1c(C(=O)Nc2c3c(nn2C)CCC3)oc2c1C(=O)CC(C)(C)C2. The van der Waals surface area contributed by atoms with Crippen molar-refractivity contribution in [2.24, 2.45) is 12.5 Å². The van der Waals surface area contributed by atoms with E-state index in [1.807, 2.05) is 20.9 Å². The molecule has 2 aliphatic carbocycles. The minimum Gasteiger partial charge on any atom is -0.455 e. The lowest BCUT2D eigenvalue weighted by Gasteiger charge is -2.27. The summed E-state index contributed by atoms with van der Waals surface area (Å²) in [5.41, 5.74) is 3.28. The maximum Gasteiger partial charge on any atom is 0.292 e. The molecule has 6 heteroatoms. The molecule has 4 rings (SSSR count). The number of carbonyl (C=O) groups is 2. The summed E-state index contributed by atoms with van der Waals surface area (Å²) in [6.07, 6.45) is 4.11. The Balaban J connectivity index is 1.67. The Morgan fingerprint density at radius 1 is 1.28 bits per heavy atom. The minimum absolute atomic E-state index is 0.0629. The second-order valence-electron chi connectivity index (χ2n) is 8.00. The molecule has 0 unspecified atom stereocenters. The van der Waals surface area contributed by atoms with Gasteiger partial charge < -0.3 is 9.73 Å². The maximum atomic E-state index is 12.8. The van der Waals surface area contributed by atoms with Crippen LogP contribution in [0.2, 0.25) is 0 Å². The van der Waals surface area contributed by atoms with Crippen molar-refractivity contribution in [3.05, 3.63) is 33.9 Å². The summed E-state index contributed by atoms with van der Waals surface area (Å²) in [6, 6.07) is 0. The topological polar surface area (TPSA) is 77.1 Å². The van der Waals surface area contributed by atoms with Gasteiger partial charge in [0, 0.05) is 31.0 Å². The smallest absolute Gasteiger partial charge is 0.292 e. The molecule has 2 heterocycles. The van der Waals surface area contributed by atoms with Crippen LogP contribution in [0.1, 0.15) is 70.2 Å². The molecule has 0 saturated carbocycles. The Labute approximate surface area is 146 Å².